The zero-order chi connectivity index (χ0) is 29.1. The van der Waals surface area contributed by atoms with E-state index in [2.05, 4.69) is 0 Å². The molecule has 212 valence electrons. The van der Waals surface area contributed by atoms with E-state index < -0.39 is 12.0 Å². The van der Waals surface area contributed by atoms with Crippen molar-refractivity contribution >= 4 is 34.2 Å². The Morgan fingerprint density at radius 2 is 1.71 bits per heavy atom. The Bertz CT molecular complexity index is 1840. The second-order valence-corrected chi connectivity index (χ2v) is 10.3. The van der Waals surface area contributed by atoms with Crippen molar-refractivity contribution in [2.45, 2.75) is 33.7 Å². The van der Waals surface area contributed by atoms with Gasteiger partial charge in [0.15, 0.2) is 16.3 Å². The number of allylic oxidation sites excluding steroid dienone is 1. The average Bonchev–Trinajstić information content (AvgIpc) is 3.27. The van der Waals surface area contributed by atoms with E-state index in [9.17, 15) is 9.59 Å². The van der Waals surface area contributed by atoms with Crippen LogP contribution in [0.15, 0.2) is 75.7 Å². The van der Waals surface area contributed by atoms with E-state index >= 15 is 0 Å². The number of carbonyl (C=O) groups excluding carboxylic acids is 1. The molecule has 1 unspecified atom stereocenters. The van der Waals surface area contributed by atoms with Gasteiger partial charge < -0.3 is 18.9 Å². The molecule has 5 rings (SSSR count). The lowest BCUT2D eigenvalue weighted by molar-refractivity contribution is -0.139. The third-order valence-corrected chi connectivity index (χ3v) is 7.81. The molecule has 8 nitrogen and oxygen atoms in total. The number of ether oxygens (including phenoxy) is 4. The van der Waals surface area contributed by atoms with Crippen LogP contribution in [-0.4, -0.2) is 37.5 Å². The van der Waals surface area contributed by atoms with Crippen molar-refractivity contribution in [2.24, 2.45) is 4.99 Å². The molecule has 0 radical (unpaired) electrons. The minimum Gasteiger partial charge on any atom is -0.496 e. The Morgan fingerprint density at radius 3 is 2.44 bits per heavy atom. The number of esters is 1. The van der Waals surface area contributed by atoms with Crippen LogP contribution in [0, 0.1) is 0 Å². The van der Waals surface area contributed by atoms with Crippen LogP contribution in [-0.2, 0) is 9.53 Å². The minimum atomic E-state index is -0.767. The molecule has 2 heterocycles. The van der Waals surface area contributed by atoms with Crippen LogP contribution in [0.4, 0.5) is 0 Å². The van der Waals surface area contributed by atoms with Crippen molar-refractivity contribution in [3.05, 3.63) is 96.7 Å². The number of fused-ring (bicyclic) bond motifs is 2. The van der Waals surface area contributed by atoms with Gasteiger partial charge in [-0.25, -0.2) is 9.79 Å². The molecule has 41 heavy (non-hydrogen) atoms. The Labute approximate surface area is 241 Å². The van der Waals surface area contributed by atoms with Gasteiger partial charge in [0.05, 0.1) is 48.8 Å². The smallest absolute Gasteiger partial charge is 0.338 e. The van der Waals surface area contributed by atoms with Crippen molar-refractivity contribution in [1.29, 1.82) is 0 Å². The highest BCUT2D eigenvalue weighted by atomic mass is 32.1. The first-order chi connectivity index (χ1) is 19.9. The molecular formula is C32H32N2O6S. The zero-order valence-electron chi connectivity index (χ0n) is 23.7. The molecule has 3 aromatic carbocycles. The number of methoxy groups -OCH3 is 1. The van der Waals surface area contributed by atoms with E-state index in [-0.39, 0.29) is 12.2 Å². The second kappa shape index (κ2) is 12.0. The maximum absolute atomic E-state index is 14.2. The summed E-state index contributed by atoms with van der Waals surface area (Å²) >= 11 is 1.27. The number of carbonyl (C=O) groups is 1. The normalized spacial score (nSPS) is 15.0. The SMILES string of the molecule is CCOC(=O)C1=C(C)N=c2sc(=Cc3c(OC)ccc4ccccc34)c(=O)n2C1c1ccc(OCC)c(OCC)c1. The van der Waals surface area contributed by atoms with E-state index in [1.807, 2.05) is 68.5 Å². The summed E-state index contributed by atoms with van der Waals surface area (Å²) in [6.07, 6.45) is 1.84. The maximum atomic E-state index is 14.2. The molecular weight excluding hydrogens is 540 g/mol. The number of hydrogen-bond acceptors (Lipinski definition) is 8. The van der Waals surface area contributed by atoms with Gasteiger partial charge in [0, 0.05) is 5.56 Å². The number of nitrogens with zero attached hydrogens (tertiary/aromatic N) is 2. The summed E-state index contributed by atoms with van der Waals surface area (Å²) in [5.74, 6) is 1.26. The van der Waals surface area contributed by atoms with Gasteiger partial charge in [-0.15, -0.1) is 0 Å². The minimum absolute atomic E-state index is 0.196. The van der Waals surface area contributed by atoms with E-state index in [0.717, 1.165) is 16.3 Å². The predicted octanol–water partition coefficient (Wildman–Crippen LogP) is 4.76. The fraction of sp³-hybridized carbons (Fsp3) is 0.281. The maximum Gasteiger partial charge on any atom is 0.338 e. The third kappa shape index (κ3) is 5.25. The summed E-state index contributed by atoms with van der Waals surface area (Å²) in [7, 11) is 1.61. The zero-order valence-corrected chi connectivity index (χ0v) is 24.5. The van der Waals surface area contributed by atoms with Gasteiger partial charge in [0.2, 0.25) is 0 Å². The molecule has 0 amide bonds. The van der Waals surface area contributed by atoms with Crippen LogP contribution in [0.1, 0.15) is 44.9 Å². The van der Waals surface area contributed by atoms with Gasteiger partial charge in [0.25, 0.3) is 5.56 Å². The molecule has 0 fully saturated rings. The second-order valence-electron chi connectivity index (χ2n) is 9.28. The van der Waals surface area contributed by atoms with Gasteiger partial charge in [-0.1, -0.05) is 47.7 Å². The molecule has 0 spiro atoms. The summed E-state index contributed by atoms with van der Waals surface area (Å²) in [5.41, 5.74) is 2.02. The molecule has 1 atom stereocenters. The van der Waals surface area contributed by atoms with Gasteiger partial charge >= 0.3 is 5.97 Å². The molecule has 0 saturated carbocycles. The van der Waals surface area contributed by atoms with Gasteiger partial charge in [-0.2, -0.15) is 0 Å². The van der Waals surface area contributed by atoms with Crippen LogP contribution in [0.25, 0.3) is 16.8 Å². The Kier molecular flexibility index (Phi) is 8.26. The summed E-state index contributed by atoms with van der Waals surface area (Å²) in [6, 6.07) is 16.5. The first-order valence-electron chi connectivity index (χ1n) is 13.6. The number of benzene rings is 3. The van der Waals surface area contributed by atoms with Gasteiger partial charge in [-0.05, 0) is 68.3 Å². The highest BCUT2D eigenvalue weighted by Crippen LogP contribution is 2.36. The summed E-state index contributed by atoms with van der Waals surface area (Å²) in [4.78, 5) is 32.6. The quantitative estimate of drug-likeness (QED) is 0.269. The van der Waals surface area contributed by atoms with Crippen molar-refractivity contribution < 1.29 is 23.7 Å². The van der Waals surface area contributed by atoms with E-state index in [0.29, 0.717) is 56.6 Å². The number of rotatable bonds is 9. The first-order valence-corrected chi connectivity index (χ1v) is 14.4. The number of aromatic nitrogens is 1. The first kappa shape index (κ1) is 28.2. The van der Waals surface area contributed by atoms with Crippen LogP contribution >= 0.6 is 11.3 Å². The van der Waals surface area contributed by atoms with Crippen LogP contribution in [0.2, 0.25) is 0 Å². The number of thiazole rings is 1. The summed E-state index contributed by atoms with van der Waals surface area (Å²) in [6.45, 7) is 8.40. The van der Waals surface area contributed by atoms with Crippen molar-refractivity contribution in [3.63, 3.8) is 0 Å². The molecule has 0 saturated heterocycles. The summed E-state index contributed by atoms with van der Waals surface area (Å²) < 4.78 is 24.8. The average molecular weight is 573 g/mol. The van der Waals surface area contributed by atoms with Crippen LogP contribution < -0.4 is 29.1 Å². The Hall–Kier alpha value is -4.37. The molecule has 0 bridgehead atoms. The molecule has 9 heteroatoms. The summed E-state index contributed by atoms with van der Waals surface area (Å²) in [5, 5.41) is 1.99. The lowest BCUT2D eigenvalue weighted by atomic mass is 9.95. The molecule has 0 N–H and O–H groups in total. The van der Waals surface area contributed by atoms with E-state index in [1.54, 1.807) is 31.6 Å². The van der Waals surface area contributed by atoms with Crippen molar-refractivity contribution in [2.75, 3.05) is 26.9 Å². The number of hydrogen-bond donors (Lipinski definition) is 0. The lowest BCUT2D eigenvalue weighted by Gasteiger charge is -2.25. The van der Waals surface area contributed by atoms with Gasteiger partial charge in [0.1, 0.15) is 5.75 Å². The molecule has 4 aromatic rings. The molecule has 1 aromatic heterocycles. The van der Waals surface area contributed by atoms with Crippen LogP contribution in [0.5, 0.6) is 17.2 Å². The standard InChI is InChI=1S/C32H32N2O6S/c1-6-38-25-16-14-21(17-26(25)39-7-2)29-28(31(36)40-8-3)19(4)33-32-34(29)30(35)27(41-32)18-23-22-12-10-9-11-20(22)13-15-24(23)37-5/h9-18,29H,6-8H2,1-5H3. The van der Waals surface area contributed by atoms with Gasteiger partial charge in [-0.3, -0.25) is 9.36 Å². The van der Waals surface area contributed by atoms with Crippen molar-refractivity contribution in [3.8, 4) is 17.2 Å². The fourth-order valence-electron chi connectivity index (χ4n) is 5.08. The highest BCUT2D eigenvalue weighted by Gasteiger charge is 2.34. The molecule has 1 aliphatic heterocycles. The fourth-order valence-corrected chi connectivity index (χ4v) is 6.11. The third-order valence-electron chi connectivity index (χ3n) is 6.83. The largest absolute Gasteiger partial charge is 0.496 e. The molecule has 0 aliphatic carbocycles. The van der Waals surface area contributed by atoms with Crippen LogP contribution in [0.3, 0.4) is 0 Å². The topological polar surface area (TPSA) is 88.4 Å². The molecule has 1 aliphatic rings. The van der Waals surface area contributed by atoms with E-state index in [4.69, 9.17) is 23.9 Å². The predicted molar refractivity (Wildman–Crippen MR) is 160 cm³/mol. The highest BCUT2D eigenvalue weighted by molar-refractivity contribution is 7.07. The lowest BCUT2D eigenvalue weighted by Crippen LogP contribution is -2.40. The Morgan fingerprint density at radius 1 is 0.976 bits per heavy atom. The Balaban J connectivity index is 1.77. The van der Waals surface area contributed by atoms with Crippen molar-refractivity contribution in [1.82, 2.24) is 4.57 Å². The monoisotopic (exact) mass is 572 g/mol. The van der Waals surface area contributed by atoms with E-state index in [1.165, 1.54) is 11.3 Å².